The van der Waals surface area contributed by atoms with Gasteiger partial charge in [-0.2, -0.15) is 0 Å². The van der Waals surface area contributed by atoms with E-state index in [0.717, 1.165) is 6.54 Å². The maximum atomic E-state index is 12.2. The molecule has 0 aliphatic rings. The van der Waals surface area contributed by atoms with Gasteiger partial charge < -0.3 is 14.8 Å². The Morgan fingerprint density at radius 1 is 1.27 bits per heavy atom. The molecular formula is C18H20N4O3S. The molecule has 2 N–H and O–H groups in total. The van der Waals surface area contributed by atoms with Gasteiger partial charge >= 0.3 is 0 Å². The number of benzene rings is 1. The van der Waals surface area contributed by atoms with Gasteiger partial charge in [-0.25, -0.2) is 0 Å². The number of nitrogens with one attached hydrogen (secondary N) is 1. The van der Waals surface area contributed by atoms with Crippen molar-refractivity contribution in [3.8, 4) is 17.3 Å². The standard InChI is InChI=1S/C18H20N4O3S/c1-12(2)10-22-17(15-4-3-9-25-15)20-21-18(22)26-11-16(24)19-13-5-7-14(23)8-6-13/h3-9,12,23H,10-11H2,1-2H3,(H,19,24). The van der Waals surface area contributed by atoms with Crippen LogP contribution in [-0.2, 0) is 11.3 Å². The fourth-order valence-electron chi connectivity index (χ4n) is 2.39. The van der Waals surface area contributed by atoms with Crippen LogP contribution in [0.3, 0.4) is 0 Å². The highest BCUT2D eigenvalue weighted by molar-refractivity contribution is 7.99. The van der Waals surface area contributed by atoms with Gasteiger partial charge in [0.1, 0.15) is 5.75 Å². The molecule has 3 aromatic rings. The first-order valence-corrected chi connectivity index (χ1v) is 9.20. The number of phenolic OH excluding ortho intramolecular Hbond substituents is 1. The molecule has 0 fully saturated rings. The molecule has 0 aliphatic carbocycles. The number of nitrogens with zero attached hydrogens (tertiary/aromatic N) is 3. The van der Waals surface area contributed by atoms with Gasteiger partial charge in [0.05, 0.1) is 12.0 Å². The topological polar surface area (TPSA) is 93.2 Å². The molecule has 1 amide bonds. The highest BCUT2D eigenvalue weighted by atomic mass is 32.2. The third-order valence-corrected chi connectivity index (χ3v) is 4.46. The van der Waals surface area contributed by atoms with E-state index in [4.69, 9.17) is 4.42 Å². The summed E-state index contributed by atoms with van der Waals surface area (Å²) in [7, 11) is 0. The molecule has 0 bridgehead atoms. The lowest BCUT2D eigenvalue weighted by molar-refractivity contribution is -0.113. The molecule has 0 unspecified atom stereocenters. The van der Waals surface area contributed by atoms with E-state index in [2.05, 4.69) is 29.4 Å². The number of anilines is 1. The van der Waals surface area contributed by atoms with Crippen LogP contribution in [0.4, 0.5) is 5.69 Å². The molecular weight excluding hydrogens is 352 g/mol. The number of rotatable bonds is 7. The zero-order valence-electron chi connectivity index (χ0n) is 14.5. The molecule has 2 aromatic heterocycles. The van der Waals surface area contributed by atoms with Crippen LogP contribution in [0.5, 0.6) is 5.75 Å². The number of aromatic hydroxyl groups is 1. The summed E-state index contributed by atoms with van der Waals surface area (Å²) in [5.41, 5.74) is 0.633. The number of carbonyl (C=O) groups excluding carboxylic acids is 1. The summed E-state index contributed by atoms with van der Waals surface area (Å²) >= 11 is 1.32. The predicted octanol–water partition coefficient (Wildman–Crippen LogP) is 3.63. The summed E-state index contributed by atoms with van der Waals surface area (Å²) < 4.78 is 7.41. The van der Waals surface area contributed by atoms with Crippen molar-refractivity contribution in [3.05, 3.63) is 42.7 Å². The number of furan rings is 1. The van der Waals surface area contributed by atoms with Crippen molar-refractivity contribution in [1.82, 2.24) is 14.8 Å². The first-order chi connectivity index (χ1) is 12.5. The largest absolute Gasteiger partial charge is 0.508 e. The van der Waals surface area contributed by atoms with E-state index in [1.54, 1.807) is 18.4 Å². The minimum Gasteiger partial charge on any atom is -0.508 e. The van der Waals surface area contributed by atoms with Crippen molar-refractivity contribution in [3.63, 3.8) is 0 Å². The second-order valence-electron chi connectivity index (χ2n) is 6.17. The molecule has 0 saturated carbocycles. The molecule has 26 heavy (non-hydrogen) atoms. The summed E-state index contributed by atoms with van der Waals surface area (Å²) in [6.07, 6.45) is 1.60. The molecule has 8 heteroatoms. The van der Waals surface area contributed by atoms with Crippen LogP contribution in [-0.4, -0.2) is 31.5 Å². The monoisotopic (exact) mass is 372 g/mol. The molecule has 0 aliphatic heterocycles. The van der Waals surface area contributed by atoms with Crippen LogP contribution in [0.15, 0.2) is 52.2 Å². The highest BCUT2D eigenvalue weighted by Crippen LogP contribution is 2.25. The normalized spacial score (nSPS) is 11.0. The third-order valence-electron chi connectivity index (χ3n) is 3.49. The Bertz CT molecular complexity index is 857. The Kier molecular flexibility index (Phi) is 5.62. The van der Waals surface area contributed by atoms with Gasteiger partial charge in [0.15, 0.2) is 16.7 Å². The Balaban J connectivity index is 1.69. The molecule has 0 saturated heterocycles. The zero-order chi connectivity index (χ0) is 18.5. The number of thioether (sulfide) groups is 1. The van der Waals surface area contributed by atoms with Gasteiger partial charge in [-0.15, -0.1) is 10.2 Å². The van der Waals surface area contributed by atoms with Gasteiger partial charge in [-0.1, -0.05) is 25.6 Å². The lowest BCUT2D eigenvalue weighted by atomic mass is 10.2. The molecule has 0 radical (unpaired) electrons. The number of hydrogen-bond acceptors (Lipinski definition) is 6. The van der Waals surface area contributed by atoms with Crippen LogP contribution in [0.1, 0.15) is 13.8 Å². The summed E-state index contributed by atoms with van der Waals surface area (Å²) in [6.45, 7) is 4.95. The van der Waals surface area contributed by atoms with Gasteiger partial charge in [-0.05, 0) is 42.3 Å². The van der Waals surface area contributed by atoms with Crippen LogP contribution in [0, 0.1) is 5.92 Å². The number of hydrogen-bond donors (Lipinski definition) is 2. The first-order valence-electron chi connectivity index (χ1n) is 8.21. The molecule has 136 valence electrons. The lowest BCUT2D eigenvalue weighted by Gasteiger charge is -2.11. The van der Waals surface area contributed by atoms with E-state index in [1.807, 2.05) is 16.7 Å². The zero-order valence-corrected chi connectivity index (χ0v) is 15.4. The number of phenols is 1. The minimum absolute atomic E-state index is 0.153. The van der Waals surface area contributed by atoms with E-state index in [1.165, 1.54) is 23.9 Å². The summed E-state index contributed by atoms with van der Waals surface area (Å²) in [6, 6.07) is 9.99. The van der Waals surface area contributed by atoms with E-state index in [-0.39, 0.29) is 17.4 Å². The molecule has 2 heterocycles. The van der Waals surface area contributed by atoms with Crippen LogP contribution < -0.4 is 5.32 Å². The third kappa shape index (κ3) is 4.45. The molecule has 7 nitrogen and oxygen atoms in total. The lowest BCUT2D eigenvalue weighted by Crippen LogP contribution is -2.15. The fourth-order valence-corrected chi connectivity index (χ4v) is 3.13. The summed E-state index contributed by atoms with van der Waals surface area (Å²) in [5.74, 6) is 1.91. The Labute approximate surface area is 155 Å². The number of amides is 1. The number of carbonyl (C=O) groups is 1. The molecule has 1 aromatic carbocycles. The fraction of sp³-hybridized carbons (Fsp3) is 0.278. The maximum Gasteiger partial charge on any atom is 0.234 e. The Morgan fingerprint density at radius 3 is 2.69 bits per heavy atom. The SMILES string of the molecule is CC(C)Cn1c(SCC(=O)Nc2ccc(O)cc2)nnc1-c1ccco1. The van der Waals surface area contributed by atoms with Gasteiger partial charge in [0, 0.05) is 12.2 Å². The first kappa shape index (κ1) is 18.1. The smallest absolute Gasteiger partial charge is 0.234 e. The van der Waals surface area contributed by atoms with E-state index in [9.17, 15) is 9.90 Å². The quantitative estimate of drug-likeness (QED) is 0.486. The van der Waals surface area contributed by atoms with Crippen molar-refractivity contribution < 1.29 is 14.3 Å². The predicted molar refractivity (Wildman–Crippen MR) is 100 cm³/mol. The molecule has 3 rings (SSSR count). The number of aromatic nitrogens is 3. The van der Waals surface area contributed by atoms with Crippen molar-refractivity contribution in [2.45, 2.75) is 25.5 Å². The summed E-state index contributed by atoms with van der Waals surface area (Å²) in [5, 5.41) is 21.2. The van der Waals surface area contributed by atoms with Crippen molar-refractivity contribution in [2.24, 2.45) is 5.92 Å². The second-order valence-corrected chi connectivity index (χ2v) is 7.11. The van der Waals surface area contributed by atoms with Crippen LogP contribution >= 0.6 is 11.8 Å². The van der Waals surface area contributed by atoms with Crippen molar-refractivity contribution >= 4 is 23.4 Å². The van der Waals surface area contributed by atoms with Crippen LogP contribution in [0.25, 0.3) is 11.6 Å². The van der Waals surface area contributed by atoms with Crippen molar-refractivity contribution in [2.75, 3.05) is 11.1 Å². The molecule has 0 atom stereocenters. The van der Waals surface area contributed by atoms with E-state index in [0.29, 0.717) is 28.3 Å². The average molecular weight is 372 g/mol. The average Bonchev–Trinajstić information content (AvgIpc) is 3.24. The van der Waals surface area contributed by atoms with E-state index >= 15 is 0 Å². The summed E-state index contributed by atoms with van der Waals surface area (Å²) in [4.78, 5) is 12.2. The van der Waals surface area contributed by atoms with Gasteiger partial charge in [-0.3, -0.25) is 9.36 Å². The van der Waals surface area contributed by atoms with Gasteiger partial charge in [0.2, 0.25) is 5.91 Å². The Hall–Kier alpha value is -2.74. The van der Waals surface area contributed by atoms with E-state index < -0.39 is 0 Å². The second kappa shape index (κ2) is 8.09. The molecule has 0 spiro atoms. The highest BCUT2D eigenvalue weighted by Gasteiger charge is 2.18. The van der Waals surface area contributed by atoms with Gasteiger partial charge in [0.25, 0.3) is 0 Å². The minimum atomic E-state index is -0.153. The Morgan fingerprint density at radius 2 is 2.04 bits per heavy atom. The van der Waals surface area contributed by atoms with Crippen molar-refractivity contribution in [1.29, 1.82) is 0 Å². The van der Waals surface area contributed by atoms with Crippen LogP contribution in [0.2, 0.25) is 0 Å². The maximum absolute atomic E-state index is 12.2.